The van der Waals surface area contributed by atoms with E-state index in [1.165, 1.54) is 24.3 Å². The Bertz CT molecular complexity index is 1320. The van der Waals surface area contributed by atoms with E-state index in [0.29, 0.717) is 27.3 Å². The fourth-order valence-corrected chi connectivity index (χ4v) is 2.73. The normalized spacial score (nSPS) is 11.3. The molecule has 0 saturated carbocycles. The van der Waals surface area contributed by atoms with Gasteiger partial charge < -0.3 is 9.52 Å². The van der Waals surface area contributed by atoms with E-state index in [2.05, 4.69) is 15.0 Å². The Balaban J connectivity index is 1.73. The fourth-order valence-electron chi connectivity index (χ4n) is 2.73. The first-order valence-electron chi connectivity index (χ1n) is 7.80. The number of nitrogens with one attached hydrogen (secondary N) is 1. The molecule has 0 aliphatic carbocycles. The number of hydrogen-bond donors (Lipinski definition) is 2. The van der Waals surface area contributed by atoms with Crippen LogP contribution >= 0.6 is 0 Å². The van der Waals surface area contributed by atoms with E-state index in [-0.39, 0.29) is 17.5 Å². The summed E-state index contributed by atoms with van der Waals surface area (Å²) in [6.45, 7) is -0.745. The predicted molar refractivity (Wildman–Crippen MR) is 91.0 cm³/mol. The summed E-state index contributed by atoms with van der Waals surface area (Å²) in [5.41, 5.74) is -0.316. The highest BCUT2D eigenvalue weighted by Gasteiger charge is 2.13. The second-order valence-electron chi connectivity index (χ2n) is 5.81. The van der Waals surface area contributed by atoms with Gasteiger partial charge in [-0.25, -0.2) is 23.7 Å². The average molecular weight is 370 g/mol. The maximum Gasteiger partial charge on any atom is 0.330 e. The maximum absolute atomic E-state index is 13.2. The molecule has 10 heteroatoms. The highest BCUT2D eigenvalue weighted by molar-refractivity contribution is 5.74. The number of benzene rings is 1. The summed E-state index contributed by atoms with van der Waals surface area (Å²) in [5.74, 6) is -1.44. The number of aromatic amines is 1. The largest absolute Gasteiger partial charge is 0.480 e. The molecule has 27 heavy (non-hydrogen) atoms. The lowest BCUT2D eigenvalue weighted by molar-refractivity contribution is -0.137. The molecule has 4 rings (SSSR count). The third kappa shape index (κ3) is 3.08. The second-order valence-corrected chi connectivity index (χ2v) is 5.81. The molecule has 0 saturated heterocycles. The zero-order valence-corrected chi connectivity index (χ0v) is 13.6. The minimum Gasteiger partial charge on any atom is -0.480 e. The number of aromatic nitrogens is 4. The van der Waals surface area contributed by atoms with Gasteiger partial charge in [0.15, 0.2) is 5.58 Å². The molecular formula is C17H11FN4O5. The van der Waals surface area contributed by atoms with Crippen molar-refractivity contribution in [1.82, 2.24) is 19.5 Å². The third-order valence-corrected chi connectivity index (χ3v) is 3.92. The van der Waals surface area contributed by atoms with Gasteiger partial charge in [0.1, 0.15) is 23.5 Å². The van der Waals surface area contributed by atoms with Gasteiger partial charge in [0.25, 0.3) is 5.56 Å². The number of nitrogens with zero attached hydrogens (tertiary/aromatic N) is 3. The summed E-state index contributed by atoms with van der Waals surface area (Å²) in [5, 5.41) is 8.89. The number of rotatable bonds is 4. The second kappa shape index (κ2) is 6.16. The lowest BCUT2D eigenvalue weighted by atomic mass is 10.2. The number of halogens is 1. The first kappa shape index (κ1) is 16.6. The summed E-state index contributed by atoms with van der Waals surface area (Å²) in [6, 6.07) is 6.97. The number of pyridine rings is 1. The predicted octanol–water partition coefficient (Wildman–Crippen LogP) is 1.04. The summed E-state index contributed by atoms with van der Waals surface area (Å²) < 4.78 is 19.4. The lowest BCUT2D eigenvalue weighted by Gasteiger charge is -2.04. The van der Waals surface area contributed by atoms with Gasteiger partial charge >= 0.3 is 11.7 Å². The number of fused-ring (bicyclic) bond motifs is 2. The van der Waals surface area contributed by atoms with Crippen LogP contribution in [0.25, 0.3) is 22.1 Å². The van der Waals surface area contributed by atoms with Gasteiger partial charge in [-0.3, -0.25) is 14.6 Å². The van der Waals surface area contributed by atoms with Crippen molar-refractivity contribution in [2.45, 2.75) is 13.0 Å². The SMILES string of the molecule is O=C(O)Cn1c(=O)[nH]c2nc(Cc3nc4cc(F)ccc4o3)ccc2c1=O. The van der Waals surface area contributed by atoms with Crippen LogP contribution in [0.2, 0.25) is 0 Å². The molecule has 4 aromatic rings. The van der Waals surface area contributed by atoms with Crippen molar-refractivity contribution in [3.63, 3.8) is 0 Å². The zero-order valence-electron chi connectivity index (χ0n) is 13.6. The molecule has 136 valence electrons. The molecule has 3 heterocycles. The molecule has 0 aliphatic heterocycles. The van der Waals surface area contributed by atoms with E-state index in [9.17, 15) is 18.8 Å². The van der Waals surface area contributed by atoms with Crippen LogP contribution in [0.4, 0.5) is 4.39 Å². The van der Waals surface area contributed by atoms with E-state index in [1.54, 1.807) is 6.07 Å². The molecule has 0 aliphatic rings. The highest BCUT2D eigenvalue weighted by Crippen LogP contribution is 2.18. The number of H-pyrrole nitrogens is 1. The molecule has 0 spiro atoms. The standard InChI is InChI=1S/C17H11FN4O5/c18-8-1-4-12-11(5-8)20-13(27-12)6-9-2-3-10-15(19-9)21-17(26)22(16(10)25)7-14(23)24/h1-5H,6-7H2,(H,23,24)(H,19,21,26). The van der Waals surface area contributed by atoms with Gasteiger partial charge in [0, 0.05) is 6.07 Å². The Morgan fingerprint density at radius 2 is 2.04 bits per heavy atom. The molecule has 0 unspecified atom stereocenters. The number of hydrogen-bond acceptors (Lipinski definition) is 6. The minimum absolute atomic E-state index is 0.0336. The van der Waals surface area contributed by atoms with Crippen LogP contribution in [0.15, 0.2) is 44.3 Å². The molecule has 0 atom stereocenters. The van der Waals surface area contributed by atoms with Crippen molar-refractivity contribution in [2.75, 3.05) is 0 Å². The lowest BCUT2D eigenvalue weighted by Crippen LogP contribution is -2.37. The maximum atomic E-state index is 13.2. The molecule has 0 radical (unpaired) electrons. The number of aliphatic carboxylic acids is 1. The minimum atomic E-state index is -1.31. The van der Waals surface area contributed by atoms with Gasteiger partial charge in [-0.1, -0.05) is 0 Å². The van der Waals surface area contributed by atoms with E-state index in [1.807, 2.05) is 0 Å². The van der Waals surface area contributed by atoms with Crippen molar-refractivity contribution in [3.8, 4) is 0 Å². The van der Waals surface area contributed by atoms with E-state index < -0.39 is 29.6 Å². The first-order valence-corrected chi connectivity index (χ1v) is 7.80. The third-order valence-electron chi connectivity index (χ3n) is 3.92. The molecule has 0 bridgehead atoms. The van der Waals surface area contributed by atoms with E-state index in [0.717, 1.165) is 0 Å². The smallest absolute Gasteiger partial charge is 0.330 e. The Labute approximate surface area is 148 Å². The van der Waals surface area contributed by atoms with Crippen LogP contribution in [0.3, 0.4) is 0 Å². The summed E-state index contributed by atoms with van der Waals surface area (Å²) in [4.78, 5) is 45.8. The molecule has 0 fully saturated rings. The highest BCUT2D eigenvalue weighted by atomic mass is 19.1. The average Bonchev–Trinajstić information content (AvgIpc) is 2.99. The van der Waals surface area contributed by atoms with Crippen LogP contribution < -0.4 is 11.2 Å². The molecule has 9 nitrogen and oxygen atoms in total. The number of carboxylic acids is 1. The summed E-state index contributed by atoms with van der Waals surface area (Å²) in [7, 11) is 0. The Kier molecular flexibility index (Phi) is 3.80. The van der Waals surface area contributed by atoms with Crippen molar-refractivity contribution >= 4 is 28.1 Å². The molecule has 3 aromatic heterocycles. The monoisotopic (exact) mass is 370 g/mol. The number of oxazole rings is 1. The topological polar surface area (TPSA) is 131 Å². The van der Waals surface area contributed by atoms with Crippen molar-refractivity contribution in [2.24, 2.45) is 0 Å². The van der Waals surface area contributed by atoms with Crippen LogP contribution in [-0.2, 0) is 17.8 Å². The van der Waals surface area contributed by atoms with E-state index in [4.69, 9.17) is 9.52 Å². The van der Waals surface area contributed by atoms with Crippen molar-refractivity contribution in [3.05, 3.63) is 68.6 Å². The number of carboxylic acid groups (broad SMARTS) is 1. The van der Waals surface area contributed by atoms with Crippen LogP contribution in [-0.4, -0.2) is 30.6 Å². The van der Waals surface area contributed by atoms with Crippen molar-refractivity contribution < 1.29 is 18.7 Å². The van der Waals surface area contributed by atoms with Gasteiger partial charge in [0.2, 0.25) is 5.89 Å². The van der Waals surface area contributed by atoms with Crippen LogP contribution in [0.5, 0.6) is 0 Å². The summed E-state index contributed by atoms with van der Waals surface area (Å²) in [6.07, 6.45) is 0.159. The van der Waals surface area contributed by atoms with Crippen LogP contribution in [0.1, 0.15) is 11.6 Å². The Morgan fingerprint density at radius 1 is 1.22 bits per heavy atom. The molecule has 2 N–H and O–H groups in total. The quantitative estimate of drug-likeness (QED) is 0.549. The molecular weight excluding hydrogens is 359 g/mol. The van der Waals surface area contributed by atoms with Gasteiger partial charge in [-0.15, -0.1) is 0 Å². The Hall–Kier alpha value is -3.82. The Morgan fingerprint density at radius 3 is 2.81 bits per heavy atom. The first-order chi connectivity index (χ1) is 12.9. The van der Waals surface area contributed by atoms with E-state index >= 15 is 0 Å². The zero-order chi connectivity index (χ0) is 19.1. The molecule has 0 amide bonds. The van der Waals surface area contributed by atoms with Gasteiger partial charge in [0.05, 0.1) is 17.5 Å². The van der Waals surface area contributed by atoms with Crippen LogP contribution in [0, 0.1) is 5.82 Å². The van der Waals surface area contributed by atoms with Crippen molar-refractivity contribution in [1.29, 1.82) is 0 Å². The summed E-state index contributed by atoms with van der Waals surface area (Å²) >= 11 is 0. The fraction of sp³-hybridized carbons (Fsp3) is 0.118. The molecule has 1 aromatic carbocycles. The van der Waals surface area contributed by atoms with Gasteiger partial charge in [-0.05, 0) is 24.3 Å². The number of carbonyl (C=O) groups is 1. The van der Waals surface area contributed by atoms with Gasteiger partial charge in [-0.2, -0.15) is 0 Å².